The number of carbonyl (C=O) groups excluding carboxylic acids is 2. The van der Waals surface area contributed by atoms with Gasteiger partial charge >= 0.3 is 11.9 Å². The molecule has 1 atom stereocenters. The first-order valence-electron chi connectivity index (χ1n) is 8.91. The largest absolute Gasteiger partial charge is 0.381 e. The summed E-state index contributed by atoms with van der Waals surface area (Å²) in [7, 11) is 4.85. The number of piperidine rings is 1. The average Bonchev–Trinajstić information content (AvgIpc) is 2.96. The summed E-state index contributed by atoms with van der Waals surface area (Å²) in [5.41, 5.74) is 0. The van der Waals surface area contributed by atoms with E-state index < -0.39 is 6.04 Å². The van der Waals surface area contributed by atoms with Gasteiger partial charge < -0.3 is 4.74 Å². The molecular weight excluding hydrogens is 322 g/mol. The molecule has 3 heterocycles. The summed E-state index contributed by atoms with van der Waals surface area (Å²) in [6.07, 6.45) is 2.37. The lowest BCUT2D eigenvalue weighted by molar-refractivity contribution is -0.538. The molecule has 3 rings (SSSR count). The van der Waals surface area contributed by atoms with Crippen molar-refractivity contribution in [3.05, 3.63) is 0 Å². The predicted molar refractivity (Wildman–Crippen MR) is 94.0 cm³/mol. The predicted octanol–water partition coefficient (Wildman–Crippen LogP) is 0.0802. The van der Waals surface area contributed by atoms with Crippen LogP contribution in [0.3, 0.4) is 0 Å². The molecule has 2 saturated heterocycles. The van der Waals surface area contributed by atoms with E-state index in [1.807, 2.05) is 4.58 Å². The summed E-state index contributed by atoms with van der Waals surface area (Å²) < 4.78 is 7.22. The molecule has 0 aromatic rings. The van der Waals surface area contributed by atoms with Crippen LogP contribution in [-0.4, -0.2) is 103 Å². The quantitative estimate of drug-likeness (QED) is 0.659. The second-order valence-electron chi connectivity index (χ2n) is 7.17. The van der Waals surface area contributed by atoms with Crippen molar-refractivity contribution in [1.29, 1.82) is 0 Å². The number of aliphatic imine (C=N–C) groups is 1. The normalized spacial score (nSPS) is 25.8. The smallest absolute Gasteiger partial charge is 0.333 e. The van der Waals surface area contributed by atoms with Crippen molar-refractivity contribution in [1.82, 2.24) is 14.7 Å². The number of fused-ring (bicyclic) bond motifs is 1. The molecule has 0 aromatic carbocycles. The summed E-state index contributed by atoms with van der Waals surface area (Å²) in [6, 6.07) is -0.860. The monoisotopic (exact) mass is 350 g/mol. The number of methoxy groups -OCH3 is 1. The number of ether oxygens (including phenoxy) is 1. The summed E-state index contributed by atoms with van der Waals surface area (Å²) >= 11 is 0. The van der Waals surface area contributed by atoms with Gasteiger partial charge in [-0.3, -0.25) is 19.5 Å². The fraction of sp³-hybridized carbons (Fsp3) is 0.765. The SMILES string of the molecule is COCC[N+]1=C(CN2CCC(C)CC2)N=C2C1C(=O)N(C)C(=O)N2C. The number of rotatable bonds is 5. The van der Waals surface area contributed by atoms with Crippen molar-refractivity contribution in [2.24, 2.45) is 10.9 Å². The molecule has 0 aliphatic carbocycles. The van der Waals surface area contributed by atoms with Crippen LogP contribution in [0, 0.1) is 5.92 Å². The van der Waals surface area contributed by atoms with Gasteiger partial charge in [0, 0.05) is 21.2 Å². The molecule has 2 fully saturated rings. The van der Waals surface area contributed by atoms with Gasteiger partial charge in [-0.1, -0.05) is 6.92 Å². The van der Waals surface area contributed by atoms with Crippen molar-refractivity contribution in [3.63, 3.8) is 0 Å². The number of likely N-dealkylation sites (tertiary alicyclic amines) is 1. The average molecular weight is 350 g/mol. The number of nitrogens with zero attached hydrogens (tertiary/aromatic N) is 5. The van der Waals surface area contributed by atoms with Crippen molar-refractivity contribution in [3.8, 4) is 0 Å². The first-order valence-corrected chi connectivity index (χ1v) is 8.91. The zero-order chi connectivity index (χ0) is 18.1. The molecule has 3 aliphatic heterocycles. The number of hydrogen-bond donors (Lipinski definition) is 0. The lowest BCUT2D eigenvalue weighted by Crippen LogP contribution is -2.61. The van der Waals surface area contributed by atoms with E-state index in [-0.39, 0.29) is 11.9 Å². The zero-order valence-corrected chi connectivity index (χ0v) is 15.6. The molecule has 1 unspecified atom stereocenters. The van der Waals surface area contributed by atoms with Crippen molar-refractivity contribution in [2.45, 2.75) is 25.8 Å². The third-order valence-corrected chi connectivity index (χ3v) is 5.39. The van der Waals surface area contributed by atoms with Crippen LogP contribution in [0.15, 0.2) is 4.99 Å². The molecule has 0 radical (unpaired) electrons. The Morgan fingerprint density at radius 3 is 2.52 bits per heavy atom. The fourth-order valence-corrected chi connectivity index (χ4v) is 3.64. The number of amidine groups is 2. The maximum Gasteiger partial charge on any atom is 0.333 e. The molecule has 0 bridgehead atoms. The Bertz CT molecular complexity index is 622. The molecule has 3 aliphatic rings. The van der Waals surface area contributed by atoms with E-state index in [1.54, 1.807) is 14.2 Å². The minimum atomic E-state index is -0.526. The van der Waals surface area contributed by atoms with Crippen LogP contribution in [0.1, 0.15) is 19.8 Å². The highest BCUT2D eigenvalue weighted by atomic mass is 16.5. The second kappa shape index (κ2) is 7.21. The van der Waals surface area contributed by atoms with E-state index in [4.69, 9.17) is 9.73 Å². The van der Waals surface area contributed by atoms with Gasteiger partial charge in [-0.05, 0) is 36.8 Å². The Labute approximate surface area is 148 Å². The minimum Gasteiger partial charge on any atom is -0.381 e. The van der Waals surface area contributed by atoms with E-state index in [0.717, 1.165) is 24.8 Å². The molecule has 138 valence electrons. The molecule has 0 aromatic heterocycles. The first-order chi connectivity index (χ1) is 11.9. The van der Waals surface area contributed by atoms with Crippen LogP contribution in [0.5, 0.6) is 0 Å². The Morgan fingerprint density at radius 2 is 1.88 bits per heavy atom. The Balaban J connectivity index is 1.86. The van der Waals surface area contributed by atoms with Crippen molar-refractivity contribution < 1.29 is 18.9 Å². The zero-order valence-electron chi connectivity index (χ0n) is 15.6. The molecule has 0 saturated carbocycles. The maximum absolute atomic E-state index is 12.7. The van der Waals surface area contributed by atoms with Crippen LogP contribution in [0.4, 0.5) is 4.79 Å². The number of likely N-dealkylation sites (N-methyl/N-ethyl adjacent to an activating group) is 2. The first kappa shape index (κ1) is 18.0. The Morgan fingerprint density at radius 1 is 1.20 bits per heavy atom. The highest BCUT2D eigenvalue weighted by molar-refractivity contribution is 6.23. The summed E-state index contributed by atoms with van der Waals surface area (Å²) in [4.78, 5) is 34.7. The number of carbonyl (C=O) groups is 2. The number of imide groups is 1. The summed E-state index contributed by atoms with van der Waals surface area (Å²) in [6.45, 7) is 6.16. The van der Waals surface area contributed by atoms with Crippen LogP contribution in [0.25, 0.3) is 0 Å². The minimum absolute atomic E-state index is 0.222. The van der Waals surface area contributed by atoms with Gasteiger partial charge in [-0.15, -0.1) is 0 Å². The van der Waals surface area contributed by atoms with E-state index in [1.165, 1.54) is 29.7 Å². The molecule has 8 nitrogen and oxygen atoms in total. The third-order valence-electron chi connectivity index (χ3n) is 5.39. The lowest BCUT2D eigenvalue weighted by atomic mass is 9.99. The fourth-order valence-electron chi connectivity index (χ4n) is 3.64. The second-order valence-corrected chi connectivity index (χ2v) is 7.17. The molecule has 0 spiro atoms. The molecule has 25 heavy (non-hydrogen) atoms. The number of hydrogen-bond acceptors (Lipinski definition) is 5. The highest BCUT2D eigenvalue weighted by Gasteiger charge is 2.52. The van der Waals surface area contributed by atoms with Gasteiger partial charge in [0.2, 0.25) is 0 Å². The Kier molecular flexibility index (Phi) is 5.19. The Hall–Kier alpha value is -1.80. The van der Waals surface area contributed by atoms with Crippen molar-refractivity contribution in [2.75, 3.05) is 54.0 Å². The molecular formula is C17H28N5O3+. The maximum atomic E-state index is 12.7. The topological polar surface area (TPSA) is 68.5 Å². The van der Waals surface area contributed by atoms with Gasteiger partial charge in [0.05, 0.1) is 6.61 Å². The van der Waals surface area contributed by atoms with Crippen LogP contribution in [-0.2, 0) is 9.53 Å². The summed E-state index contributed by atoms with van der Waals surface area (Å²) in [5, 5.41) is 0. The molecule has 3 amide bonds. The van der Waals surface area contributed by atoms with Crippen LogP contribution >= 0.6 is 0 Å². The van der Waals surface area contributed by atoms with Crippen LogP contribution in [0.2, 0.25) is 0 Å². The number of urea groups is 1. The molecule has 0 N–H and O–H groups in total. The van der Waals surface area contributed by atoms with Gasteiger partial charge in [-0.2, -0.15) is 0 Å². The van der Waals surface area contributed by atoms with E-state index in [9.17, 15) is 9.59 Å². The van der Waals surface area contributed by atoms with E-state index in [2.05, 4.69) is 11.8 Å². The van der Waals surface area contributed by atoms with Gasteiger partial charge in [0.25, 0.3) is 17.8 Å². The third kappa shape index (κ3) is 3.32. The summed E-state index contributed by atoms with van der Waals surface area (Å²) in [5.74, 6) is 1.93. The molecule has 8 heteroatoms. The highest BCUT2D eigenvalue weighted by Crippen LogP contribution is 2.21. The standard InChI is InChI=1S/C17H28N5O3/c1-12-5-7-21(8-6-12)11-13-18-15-14(22(13)9-10-25-4)16(23)20(3)17(24)19(15)2/h12,14H,5-11H2,1-4H3/q+1. The van der Waals surface area contributed by atoms with Gasteiger partial charge in [-0.25, -0.2) is 9.37 Å². The lowest BCUT2D eigenvalue weighted by Gasteiger charge is -2.31. The van der Waals surface area contributed by atoms with Gasteiger partial charge in [0.1, 0.15) is 13.1 Å². The van der Waals surface area contributed by atoms with Gasteiger partial charge in [0.15, 0.2) is 0 Å². The van der Waals surface area contributed by atoms with E-state index >= 15 is 0 Å². The van der Waals surface area contributed by atoms with Crippen LogP contribution < -0.4 is 0 Å². The van der Waals surface area contributed by atoms with E-state index in [0.29, 0.717) is 25.5 Å². The van der Waals surface area contributed by atoms with Crippen molar-refractivity contribution >= 4 is 23.6 Å². The number of amides is 3.